The molecule has 0 heterocycles. The fourth-order valence-corrected chi connectivity index (χ4v) is 11.0. The SMILES string of the molecule is CCCCCCCCCCCCCCCCCCCCCCCC/C=C/CC/C=C/C(O)C(COP(=O)([O-])OCC[N+](C)(C)C)NC(=O)CCCCCCCCCCCCCCCCCCCCCCCCCCC. The maximum atomic E-state index is 13.0. The molecular weight excluding hydrogens is 948 g/mol. The van der Waals surface area contributed by atoms with Crippen molar-refractivity contribution < 1.29 is 32.9 Å². The van der Waals surface area contributed by atoms with Gasteiger partial charge >= 0.3 is 0 Å². The van der Waals surface area contributed by atoms with E-state index >= 15 is 0 Å². The molecule has 0 bridgehead atoms. The number of hydrogen-bond donors (Lipinski definition) is 2. The summed E-state index contributed by atoms with van der Waals surface area (Å²) in [5, 5.41) is 13.9. The Morgan fingerprint density at radius 2 is 0.747 bits per heavy atom. The van der Waals surface area contributed by atoms with E-state index in [-0.39, 0.29) is 19.1 Å². The summed E-state index contributed by atoms with van der Waals surface area (Å²) in [6.45, 7) is 4.69. The number of amides is 1. The average Bonchev–Trinajstić information content (AvgIpc) is 3.37. The van der Waals surface area contributed by atoms with Gasteiger partial charge in [-0.25, -0.2) is 0 Å². The molecule has 3 atom stereocenters. The van der Waals surface area contributed by atoms with Crippen molar-refractivity contribution in [2.24, 2.45) is 0 Å². The molecule has 0 radical (unpaired) electrons. The van der Waals surface area contributed by atoms with Crippen LogP contribution in [0.5, 0.6) is 0 Å². The minimum absolute atomic E-state index is 0.00347. The first-order chi connectivity index (χ1) is 36.5. The first kappa shape index (κ1) is 74.0. The summed E-state index contributed by atoms with van der Waals surface area (Å²) in [5.41, 5.74) is 0. The van der Waals surface area contributed by atoms with Crippen LogP contribution in [0.4, 0.5) is 0 Å². The number of carbonyl (C=O) groups is 1. The summed E-state index contributed by atoms with van der Waals surface area (Å²) in [4.78, 5) is 25.6. The number of likely N-dealkylation sites (N-methyl/N-ethyl adjacent to an activating group) is 1. The summed E-state index contributed by atoms with van der Waals surface area (Å²) < 4.78 is 23.4. The number of allylic oxidation sites excluding steroid dienone is 3. The van der Waals surface area contributed by atoms with E-state index in [1.165, 1.54) is 283 Å². The number of unbranched alkanes of at least 4 members (excludes halogenated alkanes) is 47. The number of aliphatic hydroxyl groups excluding tert-OH is 1. The Balaban J connectivity index is 4.12. The van der Waals surface area contributed by atoms with Gasteiger partial charge in [-0.1, -0.05) is 327 Å². The topological polar surface area (TPSA) is 108 Å². The molecule has 0 aromatic carbocycles. The summed E-state index contributed by atoms with van der Waals surface area (Å²) in [5.74, 6) is -0.199. The van der Waals surface area contributed by atoms with E-state index in [1.807, 2.05) is 27.2 Å². The van der Waals surface area contributed by atoms with Crippen LogP contribution in [-0.4, -0.2) is 68.5 Å². The number of quaternary nitrogens is 1. The second-order valence-electron chi connectivity index (χ2n) is 24.2. The van der Waals surface area contributed by atoms with E-state index in [9.17, 15) is 19.4 Å². The molecule has 0 aliphatic heterocycles. The van der Waals surface area contributed by atoms with E-state index in [0.29, 0.717) is 17.4 Å². The van der Waals surface area contributed by atoms with Gasteiger partial charge in [0.2, 0.25) is 5.91 Å². The van der Waals surface area contributed by atoms with Gasteiger partial charge in [-0.15, -0.1) is 0 Å². The molecule has 0 aliphatic rings. The Morgan fingerprint density at radius 1 is 0.453 bits per heavy atom. The monoisotopic (exact) mass is 1080 g/mol. The van der Waals surface area contributed by atoms with Crippen LogP contribution >= 0.6 is 7.82 Å². The third kappa shape index (κ3) is 60.5. The van der Waals surface area contributed by atoms with E-state index < -0.39 is 20.0 Å². The number of nitrogens with one attached hydrogen (secondary N) is 1. The molecule has 0 aromatic rings. The lowest BCUT2D eigenvalue weighted by molar-refractivity contribution is -0.870. The molecule has 1 amide bonds. The predicted molar refractivity (Wildman–Crippen MR) is 325 cm³/mol. The lowest BCUT2D eigenvalue weighted by Crippen LogP contribution is -2.45. The van der Waals surface area contributed by atoms with Crippen molar-refractivity contribution in [3.63, 3.8) is 0 Å². The third-order valence-corrected chi connectivity index (χ3v) is 16.4. The molecule has 0 rings (SSSR count). The number of carbonyl (C=O) groups excluding carboxylic acids is 1. The first-order valence-electron chi connectivity index (χ1n) is 33.2. The molecule has 446 valence electrons. The van der Waals surface area contributed by atoms with Crippen LogP contribution in [0.2, 0.25) is 0 Å². The Hall–Kier alpha value is -1.02. The lowest BCUT2D eigenvalue weighted by Gasteiger charge is -2.29. The van der Waals surface area contributed by atoms with Gasteiger partial charge in [-0.2, -0.15) is 0 Å². The van der Waals surface area contributed by atoms with E-state index in [0.717, 1.165) is 38.5 Å². The van der Waals surface area contributed by atoms with Gasteiger partial charge < -0.3 is 28.8 Å². The molecule has 0 saturated heterocycles. The molecule has 0 spiro atoms. The second-order valence-corrected chi connectivity index (χ2v) is 25.6. The summed E-state index contributed by atoms with van der Waals surface area (Å²) in [6.07, 6.45) is 74.4. The van der Waals surface area contributed by atoms with Crippen LogP contribution in [0, 0.1) is 0 Å². The molecule has 8 nitrogen and oxygen atoms in total. The maximum Gasteiger partial charge on any atom is 0.268 e. The van der Waals surface area contributed by atoms with Crippen LogP contribution in [-0.2, 0) is 18.4 Å². The highest BCUT2D eigenvalue weighted by molar-refractivity contribution is 7.45. The average molecular weight is 1080 g/mol. The smallest absolute Gasteiger partial charge is 0.268 e. The third-order valence-electron chi connectivity index (χ3n) is 15.4. The summed E-state index contributed by atoms with van der Waals surface area (Å²) >= 11 is 0. The minimum Gasteiger partial charge on any atom is -0.756 e. The number of phosphoric acid groups is 1. The molecule has 9 heteroatoms. The molecule has 0 aromatic heterocycles. The van der Waals surface area contributed by atoms with E-state index in [4.69, 9.17) is 9.05 Å². The summed E-state index contributed by atoms with van der Waals surface area (Å²) in [7, 11) is 1.26. The van der Waals surface area contributed by atoms with Crippen LogP contribution in [0.1, 0.15) is 341 Å². The van der Waals surface area contributed by atoms with Crippen molar-refractivity contribution in [3.8, 4) is 0 Å². The highest BCUT2D eigenvalue weighted by Crippen LogP contribution is 2.38. The largest absolute Gasteiger partial charge is 0.756 e. The van der Waals surface area contributed by atoms with E-state index in [1.54, 1.807) is 6.08 Å². The predicted octanol–water partition coefficient (Wildman–Crippen LogP) is 20.1. The number of aliphatic hydroxyl groups is 1. The second kappa shape index (κ2) is 57.7. The normalized spacial score (nSPS) is 13.9. The Labute approximate surface area is 468 Å². The highest BCUT2D eigenvalue weighted by atomic mass is 31.2. The quantitative estimate of drug-likeness (QED) is 0.0272. The van der Waals surface area contributed by atoms with Crippen molar-refractivity contribution in [2.45, 2.75) is 353 Å². The Morgan fingerprint density at radius 3 is 1.08 bits per heavy atom. The fourth-order valence-electron chi connectivity index (χ4n) is 10.2. The van der Waals surface area contributed by atoms with Crippen molar-refractivity contribution in [1.82, 2.24) is 5.32 Å². The van der Waals surface area contributed by atoms with Gasteiger partial charge in [0.25, 0.3) is 7.82 Å². The molecule has 3 unspecified atom stereocenters. The Kier molecular flexibility index (Phi) is 56.9. The molecule has 75 heavy (non-hydrogen) atoms. The lowest BCUT2D eigenvalue weighted by atomic mass is 10.0. The zero-order valence-electron chi connectivity index (χ0n) is 51.0. The van der Waals surface area contributed by atoms with Gasteiger partial charge in [0.15, 0.2) is 0 Å². The zero-order valence-corrected chi connectivity index (χ0v) is 51.9. The summed E-state index contributed by atoms with van der Waals surface area (Å²) in [6, 6.07) is -0.901. The van der Waals surface area contributed by atoms with Crippen molar-refractivity contribution in [3.05, 3.63) is 24.3 Å². The van der Waals surface area contributed by atoms with Gasteiger partial charge in [-0.3, -0.25) is 9.36 Å². The van der Waals surface area contributed by atoms with Crippen molar-refractivity contribution in [1.29, 1.82) is 0 Å². The van der Waals surface area contributed by atoms with Gasteiger partial charge in [-0.05, 0) is 32.1 Å². The fraction of sp³-hybridized carbons (Fsp3) is 0.924. The first-order valence-corrected chi connectivity index (χ1v) is 34.7. The molecule has 0 fully saturated rings. The van der Waals surface area contributed by atoms with Crippen molar-refractivity contribution >= 4 is 13.7 Å². The zero-order chi connectivity index (χ0) is 54.9. The Bertz CT molecular complexity index is 1270. The number of phosphoric ester groups is 1. The minimum atomic E-state index is -4.61. The van der Waals surface area contributed by atoms with Gasteiger partial charge in [0.05, 0.1) is 39.9 Å². The number of rotatable bonds is 62. The maximum absolute atomic E-state index is 13.0. The molecular formula is C66H131N2O6P. The van der Waals surface area contributed by atoms with E-state index in [2.05, 4.69) is 31.3 Å². The molecule has 2 N–H and O–H groups in total. The van der Waals surface area contributed by atoms with Crippen LogP contribution in [0.15, 0.2) is 24.3 Å². The molecule has 0 aliphatic carbocycles. The molecule has 0 saturated carbocycles. The number of nitrogens with zero attached hydrogens (tertiary/aromatic N) is 1. The van der Waals surface area contributed by atoms with Crippen LogP contribution in [0.25, 0.3) is 0 Å². The van der Waals surface area contributed by atoms with Crippen molar-refractivity contribution in [2.75, 3.05) is 40.9 Å². The van der Waals surface area contributed by atoms with Gasteiger partial charge in [0.1, 0.15) is 13.2 Å². The highest BCUT2D eigenvalue weighted by Gasteiger charge is 2.23. The standard InChI is InChI=1S/C66H131N2O6P/c1-6-8-10-12-14-16-18-20-22-24-26-28-30-32-33-34-36-37-39-41-43-45-47-49-51-53-55-57-59-65(69)64(63-74-75(71,72)73-62-61-68(3,4)5)67-66(70)60-58-56-54-52-50-48-46-44-42-40-38-35-31-29-27-25-23-21-19-17-15-13-11-9-7-2/h49,51,57,59,64-65,69H,6-48,50,52-56,58,60-63H2,1-5H3,(H-,67,70,71,72)/b51-49+,59-57+. The van der Waals surface area contributed by atoms with Crippen LogP contribution in [0.3, 0.4) is 0 Å². The van der Waals surface area contributed by atoms with Crippen LogP contribution < -0.4 is 10.2 Å². The number of hydrogen-bond acceptors (Lipinski definition) is 6. The van der Waals surface area contributed by atoms with Gasteiger partial charge in [0, 0.05) is 6.42 Å².